The SMILES string of the molecule is COc1ccccc1CCNc1ccnc(Nc2cccc(NC(C)=O)c2)n1. The van der Waals surface area contributed by atoms with Crippen molar-refractivity contribution in [3.05, 3.63) is 66.4 Å². The predicted octanol–water partition coefficient (Wildman–Crippen LogP) is 3.84. The van der Waals surface area contributed by atoms with Crippen LogP contribution in [0.3, 0.4) is 0 Å². The minimum atomic E-state index is -0.116. The Labute approximate surface area is 164 Å². The van der Waals surface area contributed by atoms with Crippen molar-refractivity contribution in [1.82, 2.24) is 9.97 Å². The van der Waals surface area contributed by atoms with Crippen molar-refractivity contribution >= 4 is 29.0 Å². The monoisotopic (exact) mass is 377 g/mol. The minimum Gasteiger partial charge on any atom is -0.496 e. The van der Waals surface area contributed by atoms with Gasteiger partial charge in [-0.25, -0.2) is 4.98 Å². The zero-order chi connectivity index (χ0) is 19.8. The van der Waals surface area contributed by atoms with Gasteiger partial charge in [-0.1, -0.05) is 24.3 Å². The van der Waals surface area contributed by atoms with Gasteiger partial charge in [0.05, 0.1) is 7.11 Å². The lowest BCUT2D eigenvalue weighted by atomic mass is 10.1. The lowest BCUT2D eigenvalue weighted by molar-refractivity contribution is -0.114. The maximum absolute atomic E-state index is 11.2. The molecule has 0 saturated carbocycles. The van der Waals surface area contributed by atoms with Gasteiger partial charge in [0, 0.05) is 31.0 Å². The molecule has 3 rings (SSSR count). The summed E-state index contributed by atoms with van der Waals surface area (Å²) in [6, 6.07) is 17.2. The van der Waals surface area contributed by atoms with Crippen LogP contribution in [0, 0.1) is 0 Å². The van der Waals surface area contributed by atoms with E-state index in [4.69, 9.17) is 4.74 Å². The van der Waals surface area contributed by atoms with Crippen LogP contribution in [-0.4, -0.2) is 29.5 Å². The summed E-state index contributed by atoms with van der Waals surface area (Å²) < 4.78 is 5.38. The molecule has 1 amide bonds. The van der Waals surface area contributed by atoms with Gasteiger partial charge in [-0.3, -0.25) is 4.79 Å². The largest absolute Gasteiger partial charge is 0.496 e. The molecule has 0 fully saturated rings. The van der Waals surface area contributed by atoms with E-state index in [0.717, 1.165) is 35.8 Å². The van der Waals surface area contributed by atoms with E-state index in [1.165, 1.54) is 6.92 Å². The summed E-state index contributed by atoms with van der Waals surface area (Å²) >= 11 is 0. The van der Waals surface area contributed by atoms with Crippen LogP contribution in [-0.2, 0) is 11.2 Å². The molecular weight excluding hydrogens is 354 g/mol. The molecule has 0 radical (unpaired) electrons. The highest BCUT2D eigenvalue weighted by Gasteiger charge is 2.04. The number of anilines is 4. The fourth-order valence-corrected chi connectivity index (χ4v) is 2.76. The zero-order valence-electron chi connectivity index (χ0n) is 15.9. The maximum Gasteiger partial charge on any atom is 0.229 e. The molecule has 7 heteroatoms. The Balaban J connectivity index is 1.60. The first kappa shape index (κ1) is 19.2. The van der Waals surface area contributed by atoms with Gasteiger partial charge in [-0.05, 0) is 42.3 Å². The van der Waals surface area contributed by atoms with Crippen molar-refractivity contribution in [3.63, 3.8) is 0 Å². The second-order valence-electron chi connectivity index (χ2n) is 6.14. The third-order valence-electron chi connectivity index (χ3n) is 3.99. The van der Waals surface area contributed by atoms with Crippen LogP contribution in [0.1, 0.15) is 12.5 Å². The van der Waals surface area contributed by atoms with Gasteiger partial charge in [0.1, 0.15) is 11.6 Å². The maximum atomic E-state index is 11.2. The van der Waals surface area contributed by atoms with E-state index in [9.17, 15) is 4.79 Å². The van der Waals surface area contributed by atoms with E-state index >= 15 is 0 Å². The highest BCUT2D eigenvalue weighted by atomic mass is 16.5. The van der Waals surface area contributed by atoms with Crippen molar-refractivity contribution in [2.45, 2.75) is 13.3 Å². The molecule has 0 unspecified atom stereocenters. The number of hydrogen-bond acceptors (Lipinski definition) is 6. The average molecular weight is 377 g/mol. The number of carbonyl (C=O) groups is 1. The van der Waals surface area contributed by atoms with Crippen molar-refractivity contribution in [3.8, 4) is 5.75 Å². The summed E-state index contributed by atoms with van der Waals surface area (Å²) in [5, 5.41) is 9.21. The first-order valence-corrected chi connectivity index (χ1v) is 8.97. The number of hydrogen-bond donors (Lipinski definition) is 3. The number of benzene rings is 2. The summed E-state index contributed by atoms with van der Waals surface area (Å²) in [5.74, 6) is 1.97. The van der Waals surface area contributed by atoms with Crippen LogP contribution in [0.5, 0.6) is 5.75 Å². The number of aromatic nitrogens is 2. The number of nitrogens with one attached hydrogen (secondary N) is 3. The van der Waals surface area contributed by atoms with Gasteiger partial charge < -0.3 is 20.7 Å². The number of carbonyl (C=O) groups excluding carboxylic acids is 1. The van der Waals surface area contributed by atoms with Crippen LogP contribution in [0.2, 0.25) is 0 Å². The molecule has 3 aromatic rings. The molecule has 7 nitrogen and oxygen atoms in total. The Bertz CT molecular complexity index is 945. The Kier molecular flexibility index (Phi) is 6.41. The molecule has 0 aliphatic rings. The molecule has 0 saturated heterocycles. The first-order chi connectivity index (χ1) is 13.6. The van der Waals surface area contributed by atoms with Crippen LogP contribution < -0.4 is 20.7 Å². The molecule has 0 atom stereocenters. The summed E-state index contributed by atoms with van der Waals surface area (Å²) in [5.41, 5.74) is 2.64. The molecule has 3 N–H and O–H groups in total. The van der Waals surface area contributed by atoms with E-state index < -0.39 is 0 Å². The second kappa shape index (κ2) is 9.36. The normalized spacial score (nSPS) is 10.2. The lowest BCUT2D eigenvalue weighted by Crippen LogP contribution is -2.08. The Hall–Kier alpha value is -3.61. The number of methoxy groups -OCH3 is 1. The lowest BCUT2D eigenvalue weighted by Gasteiger charge is -2.11. The molecule has 144 valence electrons. The smallest absolute Gasteiger partial charge is 0.229 e. The second-order valence-corrected chi connectivity index (χ2v) is 6.14. The summed E-state index contributed by atoms with van der Waals surface area (Å²) in [7, 11) is 1.68. The minimum absolute atomic E-state index is 0.116. The fraction of sp³-hybridized carbons (Fsp3) is 0.190. The van der Waals surface area contributed by atoms with Crippen molar-refractivity contribution < 1.29 is 9.53 Å². The molecule has 1 aromatic heterocycles. The highest BCUT2D eigenvalue weighted by Crippen LogP contribution is 2.20. The van der Waals surface area contributed by atoms with E-state index in [-0.39, 0.29) is 5.91 Å². The summed E-state index contributed by atoms with van der Waals surface area (Å²) in [6.07, 6.45) is 2.51. The standard InChI is InChI=1S/C21H23N5O2/c1-15(27)24-17-7-5-8-18(14-17)25-21-23-13-11-20(26-21)22-12-10-16-6-3-4-9-19(16)28-2/h3-9,11,13-14H,10,12H2,1-2H3,(H,24,27)(H2,22,23,25,26). The van der Waals surface area contributed by atoms with Gasteiger partial charge in [0.25, 0.3) is 0 Å². The Morgan fingerprint density at radius 3 is 2.71 bits per heavy atom. The van der Waals surface area contributed by atoms with Crippen molar-refractivity contribution in [1.29, 1.82) is 0 Å². The van der Waals surface area contributed by atoms with E-state index in [0.29, 0.717) is 11.6 Å². The molecule has 0 aliphatic carbocycles. The molecule has 28 heavy (non-hydrogen) atoms. The first-order valence-electron chi connectivity index (χ1n) is 8.97. The molecule has 0 aliphatic heterocycles. The topological polar surface area (TPSA) is 88.2 Å². The molecule has 0 bridgehead atoms. The van der Waals surface area contributed by atoms with Gasteiger partial charge in [0.2, 0.25) is 11.9 Å². The third kappa shape index (κ3) is 5.44. The predicted molar refractivity (Wildman–Crippen MR) is 111 cm³/mol. The van der Waals surface area contributed by atoms with Crippen molar-refractivity contribution in [2.75, 3.05) is 29.6 Å². The third-order valence-corrected chi connectivity index (χ3v) is 3.99. The van der Waals surface area contributed by atoms with Crippen LogP contribution in [0.4, 0.5) is 23.1 Å². The van der Waals surface area contributed by atoms with Gasteiger partial charge in [-0.15, -0.1) is 0 Å². The van der Waals surface area contributed by atoms with Gasteiger partial charge in [-0.2, -0.15) is 4.98 Å². The Morgan fingerprint density at radius 2 is 1.89 bits per heavy atom. The van der Waals surface area contributed by atoms with E-state index in [1.54, 1.807) is 13.3 Å². The van der Waals surface area contributed by atoms with Crippen LogP contribution >= 0.6 is 0 Å². The molecular formula is C21H23N5O2. The summed E-state index contributed by atoms with van der Waals surface area (Å²) in [4.78, 5) is 19.9. The number of rotatable bonds is 8. The number of ether oxygens (including phenoxy) is 1. The van der Waals surface area contributed by atoms with Gasteiger partial charge in [0.15, 0.2) is 0 Å². The highest BCUT2D eigenvalue weighted by molar-refractivity contribution is 5.89. The Morgan fingerprint density at radius 1 is 1.07 bits per heavy atom. The van der Waals surface area contributed by atoms with Crippen LogP contribution in [0.25, 0.3) is 0 Å². The van der Waals surface area contributed by atoms with E-state index in [1.807, 2.05) is 48.5 Å². The molecule has 0 spiro atoms. The summed E-state index contributed by atoms with van der Waals surface area (Å²) in [6.45, 7) is 2.19. The fourth-order valence-electron chi connectivity index (χ4n) is 2.76. The quantitative estimate of drug-likeness (QED) is 0.553. The van der Waals surface area contributed by atoms with E-state index in [2.05, 4.69) is 32.0 Å². The van der Waals surface area contributed by atoms with Gasteiger partial charge >= 0.3 is 0 Å². The number of amides is 1. The number of nitrogens with zero attached hydrogens (tertiary/aromatic N) is 2. The zero-order valence-corrected chi connectivity index (χ0v) is 15.9. The molecule has 1 heterocycles. The number of para-hydroxylation sites is 1. The van der Waals surface area contributed by atoms with Crippen LogP contribution in [0.15, 0.2) is 60.8 Å². The molecule has 2 aromatic carbocycles. The van der Waals surface area contributed by atoms with Crippen molar-refractivity contribution in [2.24, 2.45) is 0 Å². The average Bonchev–Trinajstić information content (AvgIpc) is 2.68.